The van der Waals surface area contributed by atoms with Gasteiger partial charge in [-0.1, -0.05) is 26.0 Å². The van der Waals surface area contributed by atoms with Crippen LogP contribution >= 0.6 is 0 Å². The molecule has 1 heterocycles. The topological polar surface area (TPSA) is 69.4 Å². The van der Waals surface area contributed by atoms with Gasteiger partial charge in [-0.15, -0.1) is 5.10 Å². The molecule has 104 valence electrons. The molecule has 1 aromatic heterocycles. The van der Waals surface area contributed by atoms with E-state index in [0.717, 1.165) is 5.69 Å². The predicted molar refractivity (Wildman–Crippen MR) is 67.4 cm³/mol. The Hall–Kier alpha value is -0.980. The highest BCUT2D eigenvalue weighted by atomic mass is 16.5. The van der Waals surface area contributed by atoms with E-state index >= 15 is 0 Å². The SMILES string of the molecule is CC(C)(C)c1cnnn1CCOCCOCCO. The summed E-state index contributed by atoms with van der Waals surface area (Å²) < 4.78 is 12.4. The first-order valence-corrected chi connectivity index (χ1v) is 6.21. The predicted octanol–water partition coefficient (Wildman–Crippen LogP) is 0.601. The largest absolute Gasteiger partial charge is 0.394 e. The highest BCUT2D eigenvalue weighted by molar-refractivity contribution is 5.07. The van der Waals surface area contributed by atoms with Gasteiger partial charge in [0, 0.05) is 5.41 Å². The van der Waals surface area contributed by atoms with E-state index in [1.54, 1.807) is 6.20 Å². The van der Waals surface area contributed by atoms with Crippen molar-refractivity contribution in [3.05, 3.63) is 11.9 Å². The Bertz CT molecular complexity index is 334. The number of aliphatic hydroxyl groups is 1. The second-order valence-electron chi connectivity index (χ2n) is 5.04. The average molecular weight is 257 g/mol. The zero-order valence-electron chi connectivity index (χ0n) is 11.4. The summed E-state index contributed by atoms with van der Waals surface area (Å²) in [7, 11) is 0. The Morgan fingerprint density at radius 3 is 2.44 bits per heavy atom. The first-order valence-electron chi connectivity index (χ1n) is 6.21. The number of aliphatic hydroxyl groups excluding tert-OH is 1. The monoisotopic (exact) mass is 257 g/mol. The number of rotatable bonds is 8. The lowest BCUT2D eigenvalue weighted by Crippen LogP contribution is -2.20. The summed E-state index contributed by atoms with van der Waals surface area (Å²) in [5.74, 6) is 0. The summed E-state index contributed by atoms with van der Waals surface area (Å²) in [6, 6.07) is 0. The van der Waals surface area contributed by atoms with Crippen LogP contribution in [0.3, 0.4) is 0 Å². The maximum absolute atomic E-state index is 8.52. The fourth-order valence-corrected chi connectivity index (χ4v) is 1.54. The van der Waals surface area contributed by atoms with Gasteiger partial charge in [-0.05, 0) is 0 Å². The van der Waals surface area contributed by atoms with Crippen LogP contribution in [0, 0.1) is 0 Å². The van der Waals surface area contributed by atoms with E-state index in [2.05, 4.69) is 31.1 Å². The van der Waals surface area contributed by atoms with Crippen molar-refractivity contribution in [2.45, 2.75) is 32.7 Å². The molecule has 0 aliphatic heterocycles. The standard InChI is InChI=1S/C12H23N3O3/c1-12(2,3)11-10-13-14-15(11)4-6-17-8-9-18-7-5-16/h10,16H,4-9H2,1-3H3. The third-order valence-corrected chi connectivity index (χ3v) is 2.44. The summed E-state index contributed by atoms with van der Waals surface area (Å²) in [4.78, 5) is 0. The molecule has 6 nitrogen and oxygen atoms in total. The van der Waals surface area contributed by atoms with Gasteiger partial charge in [-0.3, -0.25) is 0 Å². The summed E-state index contributed by atoms with van der Waals surface area (Å²) in [6.45, 7) is 9.10. The zero-order valence-corrected chi connectivity index (χ0v) is 11.4. The number of ether oxygens (including phenoxy) is 2. The van der Waals surface area contributed by atoms with Crippen molar-refractivity contribution in [1.29, 1.82) is 0 Å². The van der Waals surface area contributed by atoms with Gasteiger partial charge in [-0.25, -0.2) is 4.68 Å². The van der Waals surface area contributed by atoms with Gasteiger partial charge < -0.3 is 14.6 Å². The van der Waals surface area contributed by atoms with Crippen LogP contribution in [0.15, 0.2) is 6.20 Å². The molecule has 1 aromatic rings. The summed E-state index contributed by atoms with van der Waals surface area (Å²) in [5.41, 5.74) is 1.14. The van der Waals surface area contributed by atoms with Crippen LogP contribution in [0.25, 0.3) is 0 Å². The molecule has 1 rings (SSSR count). The van der Waals surface area contributed by atoms with E-state index in [4.69, 9.17) is 14.6 Å². The van der Waals surface area contributed by atoms with Crippen LogP contribution in [-0.2, 0) is 21.4 Å². The molecule has 1 N–H and O–H groups in total. The van der Waals surface area contributed by atoms with Crippen LogP contribution in [-0.4, -0.2) is 53.1 Å². The molecule has 0 aromatic carbocycles. The summed E-state index contributed by atoms with van der Waals surface area (Å²) in [6.07, 6.45) is 1.80. The lowest BCUT2D eigenvalue weighted by Gasteiger charge is -2.19. The molecule has 0 radical (unpaired) electrons. The highest BCUT2D eigenvalue weighted by Gasteiger charge is 2.19. The Balaban J connectivity index is 2.22. The molecule has 0 saturated carbocycles. The van der Waals surface area contributed by atoms with E-state index in [-0.39, 0.29) is 12.0 Å². The first-order chi connectivity index (χ1) is 8.55. The first kappa shape index (κ1) is 15.1. The van der Waals surface area contributed by atoms with Crippen molar-refractivity contribution in [3.8, 4) is 0 Å². The molecule has 0 aliphatic carbocycles. The van der Waals surface area contributed by atoms with E-state index < -0.39 is 0 Å². The van der Waals surface area contributed by atoms with Crippen molar-refractivity contribution >= 4 is 0 Å². The Labute approximate surface area is 108 Å². The fraction of sp³-hybridized carbons (Fsp3) is 0.833. The lowest BCUT2D eigenvalue weighted by atomic mass is 9.93. The molecule has 18 heavy (non-hydrogen) atoms. The Morgan fingerprint density at radius 2 is 1.83 bits per heavy atom. The van der Waals surface area contributed by atoms with E-state index in [1.807, 2.05) is 4.68 Å². The molecule has 6 heteroatoms. The van der Waals surface area contributed by atoms with Gasteiger partial charge in [0.1, 0.15) is 0 Å². The molecule has 0 unspecified atom stereocenters. The second kappa shape index (κ2) is 7.45. The maximum atomic E-state index is 8.52. The Kier molecular flexibility index (Phi) is 6.24. The van der Waals surface area contributed by atoms with Gasteiger partial charge in [0.2, 0.25) is 0 Å². The number of nitrogens with zero attached hydrogens (tertiary/aromatic N) is 3. The van der Waals surface area contributed by atoms with Crippen LogP contribution in [0.1, 0.15) is 26.5 Å². The molecule has 0 saturated heterocycles. The Morgan fingerprint density at radius 1 is 1.17 bits per heavy atom. The van der Waals surface area contributed by atoms with Crippen LogP contribution in [0.4, 0.5) is 0 Å². The van der Waals surface area contributed by atoms with Crippen molar-refractivity contribution < 1.29 is 14.6 Å². The van der Waals surface area contributed by atoms with Gasteiger partial charge >= 0.3 is 0 Å². The summed E-state index contributed by atoms with van der Waals surface area (Å²) in [5, 5.41) is 16.5. The quantitative estimate of drug-likeness (QED) is 0.691. The maximum Gasteiger partial charge on any atom is 0.0730 e. The van der Waals surface area contributed by atoms with Gasteiger partial charge in [0.25, 0.3) is 0 Å². The average Bonchev–Trinajstić information content (AvgIpc) is 2.76. The van der Waals surface area contributed by atoms with Crippen LogP contribution in [0.2, 0.25) is 0 Å². The van der Waals surface area contributed by atoms with Gasteiger partial charge in [-0.2, -0.15) is 0 Å². The number of hydrogen-bond acceptors (Lipinski definition) is 5. The van der Waals surface area contributed by atoms with Gasteiger partial charge in [0.05, 0.1) is 51.5 Å². The minimum absolute atomic E-state index is 0.0355. The van der Waals surface area contributed by atoms with Crippen molar-refractivity contribution in [1.82, 2.24) is 15.0 Å². The third-order valence-electron chi connectivity index (χ3n) is 2.44. The number of aromatic nitrogens is 3. The zero-order chi connectivity index (χ0) is 13.4. The molecule has 0 fully saturated rings. The second-order valence-corrected chi connectivity index (χ2v) is 5.04. The minimum Gasteiger partial charge on any atom is -0.394 e. The van der Waals surface area contributed by atoms with Crippen molar-refractivity contribution in [3.63, 3.8) is 0 Å². The van der Waals surface area contributed by atoms with Crippen LogP contribution in [0.5, 0.6) is 0 Å². The van der Waals surface area contributed by atoms with Gasteiger partial charge in [0.15, 0.2) is 0 Å². The van der Waals surface area contributed by atoms with E-state index in [0.29, 0.717) is 33.0 Å². The summed E-state index contributed by atoms with van der Waals surface area (Å²) >= 11 is 0. The fourth-order valence-electron chi connectivity index (χ4n) is 1.54. The minimum atomic E-state index is 0.0355. The molecule has 0 bridgehead atoms. The van der Waals surface area contributed by atoms with Crippen molar-refractivity contribution in [2.24, 2.45) is 0 Å². The number of hydrogen-bond donors (Lipinski definition) is 1. The highest BCUT2D eigenvalue weighted by Crippen LogP contribution is 2.20. The lowest BCUT2D eigenvalue weighted by molar-refractivity contribution is 0.0299. The van der Waals surface area contributed by atoms with Crippen molar-refractivity contribution in [2.75, 3.05) is 33.0 Å². The molecule has 0 spiro atoms. The normalized spacial score (nSPS) is 12.0. The van der Waals surface area contributed by atoms with E-state index in [1.165, 1.54) is 0 Å². The smallest absolute Gasteiger partial charge is 0.0730 e. The van der Waals surface area contributed by atoms with Crippen LogP contribution < -0.4 is 0 Å². The molecule has 0 aliphatic rings. The molecular weight excluding hydrogens is 234 g/mol. The van der Waals surface area contributed by atoms with E-state index in [9.17, 15) is 0 Å². The third kappa shape index (κ3) is 5.12. The molecule has 0 amide bonds. The molecule has 0 atom stereocenters. The molecular formula is C12H23N3O3.